The third kappa shape index (κ3) is 2.97. The van der Waals surface area contributed by atoms with Crippen molar-refractivity contribution in [1.29, 1.82) is 0 Å². The first-order valence-corrected chi connectivity index (χ1v) is 8.09. The van der Waals surface area contributed by atoms with Crippen LogP contribution < -0.4 is 0 Å². The van der Waals surface area contributed by atoms with E-state index in [1.807, 2.05) is 24.3 Å². The van der Waals surface area contributed by atoms with E-state index < -0.39 is 0 Å². The maximum absolute atomic E-state index is 4.40. The van der Waals surface area contributed by atoms with Crippen LogP contribution in [-0.2, 0) is 0 Å². The summed E-state index contributed by atoms with van der Waals surface area (Å²) in [7, 11) is 0. The largest absolute Gasteiger partial charge is 0.270 e. The van der Waals surface area contributed by atoms with Crippen molar-refractivity contribution in [3.05, 3.63) is 72.8 Å². The predicted molar refractivity (Wildman–Crippen MR) is 92.5 cm³/mol. The maximum Gasteiger partial charge on any atom is 0.196 e. The minimum atomic E-state index is 0.804. The summed E-state index contributed by atoms with van der Waals surface area (Å²) in [6, 6.07) is 18.5. The van der Waals surface area contributed by atoms with Crippen molar-refractivity contribution >= 4 is 11.8 Å². The second-order valence-electron chi connectivity index (χ2n) is 4.94. The van der Waals surface area contributed by atoms with Gasteiger partial charge in [-0.2, -0.15) is 0 Å². The van der Waals surface area contributed by atoms with Crippen molar-refractivity contribution in [2.24, 2.45) is 0 Å². The molecule has 0 unspecified atom stereocenters. The van der Waals surface area contributed by atoms with Gasteiger partial charge < -0.3 is 0 Å². The molecular weight excluding hydrogens is 290 g/mol. The van der Waals surface area contributed by atoms with E-state index in [9.17, 15) is 0 Å². The Hall–Kier alpha value is -2.33. The zero-order valence-corrected chi connectivity index (χ0v) is 13.3. The SMILES string of the molecule is C=CCSc1nnc(-c2ccc(C)cc2)n1-c1ccccc1. The molecule has 0 bridgehead atoms. The van der Waals surface area contributed by atoms with Crippen LogP contribution in [0.1, 0.15) is 5.56 Å². The average Bonchev–Trinajstić information content (AvgIpc) is 2.98. The second kappa shape index (κ2) is 6.62. The van der Waals surface area contributed by atoms with E-state index in [1.165, 1.54) is 5.56 Å². The highest BCUT2D eigenvalue weighted by Gasteiger charge is 2.15. The van der Waals surface area contributed by atoms with E-state index in [-0.39, 0.29) is 0 Å². The van der Waals surface area contributed by atoms with E-state index >= 15 is 0 Å². The van der Waals surface area contributed by atoms with E-state index in [1.54, 1.807) is 11.8 Å². The number of rotatable bonds is 5. The Kier molecular flexibility index (Phi) is 4.39. The first-order valence-electron chi connectivity index (χ1n) is 7.11. The Bertz CT molecular complexity index is 761. The zero-order chi connectivity index (χ0) is 15.4. The molecule has 0 N–H and O–H groups in total. The van der Waals surface area contributed by atoms with Gasteiger partial charge in [-0.25, -0.2) is 0 Å². The van der Waals surface area contributed by atoms with Gasteiger partial charge in [0.15, 0.2) is 11.0 Å². The van der Waals surface area contributed by atoms with E-state index in [4.69, 9.17) is 0 Å². The molecule has 0 saturated carbocycles. The molecule has 0 aliphatic heterocycles. The van der Waals surface area contributed by atoms with Crippen molar-refractivity contribution in [3.63, 3.8) is 0 Å². The number of para-hydroxylation sites is 1. The van der Waals surface area contributed by atoms with Gasteiger partial charge in [0.05, 0.1) is 0 Å². The monoisotopic (exact) mass is 307 g/mol. The summed E-state index contributed by atoms with van der Waals surface area (Å²) >= 11 is 1.63. The first-order chi connectivity index (χ1) is 10.8. The fourth-order valence-electron chi connectivity index (χ4n) is 2.20. The Morgan fingerprint density at radius 1 is 1.05 bits per heavy atom. The Morgan fingerprint density at radius 3 is 2.45 bits per heavy atom. The molecule has 0 radical (unpaired) electrons. The molecule has 110 valence electrons. The van der Waals surface area contributed by atoms with Crippen molar-refractivity contribution in [2.75, 3.05) is 5.75 Å². The number of nitrogens with zero attached hydrogens (tertiary/aromatic N) is 3. The number of aryl methyl sites for hydroxylation is 1. The lowest BCUT2D eigenvalue weighted by Gasteiger charge is -2.10. The van der Waals surface area contributed by atoms with Gasteiger partial charge in [-0.15, -0.1) is 16.8 Å². The van der Waals surface area contributed by atoms with E-state index in [0.717, 1.165) is 28.0 Å². The van der Waals surface area contributed by atoms with Crippen LogP contribution in [0.3, 0.4) is 0 Å². The van der Waals surface area contributed by atoms with Gasteiger partial charge >= 0.3 is 0 Å². The van der Waals surface area contributed by atoms with Gasteiger partial charge in [0, 0.05) is 17.0 Å². The van der Waals surface area contributed by atoms with Gasteiger partial charge in [0.2, 0.25) is 0 Å². The number of hydrogen-bond donors (Lipinski definition) is 0. The summed E-state index contributed by atoms with van der Waals surface area (Å²) in [4.78, 5) is 0. The molecule has 0 atom stereocenters. The highest BCUT2D eigenvalue weighted by atomic mass is 32.2. The van der Waals surface area contributed by atoms with Crippen LogP contribution in [0.15, 0.2) is 72.4 Å². The van der Waals surface area contributed by atoms with Crippen molar-refractivity contribution in [1.82, 2.24) is 14.8 Å². The van der Waals surface area contributed by atoms with Gasteiger partial charge in [0.25, 0.3) is 0 Å². The van der Waals surface area contributed by atoms with Gasteiger partial charge in [-0.05, 0) is 19.1 Å². The fourth-order valence-corrected chi connectivity index (χ4v) is 2.88. The molecule has 1 aromatic heterocycles. The molecule has 2 aromatic carbocycles. The summed E-state index contributed by atoms with van der Waals surface area (Å²) in [6.07, 6.45) is 1.88. The molecule has 3 rings (SSSR count). The standard InChI is InChI=1S/C18H17N3S/c1-3-13-22-18-20-19-17(15-11-9-14(2)10-12-15)21(18)16-7-5-4-6-8-16/h3-12H,1,13H2,2H3. The van der Waals surface area contributed by atoms with Gasteiger partial charge in [0.1, 0.15) is 0 Å². The fraction of sp³-hybridized carbons (Fsp3) is 0.111. The molecule has 0 fully saturated rings. The maximum atomic E-state index is 4.40. The minimum Gasteiger partial charge on any atom is -0.270 e. The molecule has 0 amide bonds. The molecule has 3 nitrogen and oxygen atoms in total. The van der Waals surface area contributed by atoms with Crippen LogP contribution in [0.25, 0.3) is 17.1 Å². The van der Waals surface area contributed by atoms with Crippen molar-refractivity contribution < 1.29 is 0 Å². The summed E-state index contributed by atoms with van der Waals surface area (Å²) in [6.45, 7) is 5.85. The molecule has 22 heavy (non-hydrogen) atoms. The lowest BCUT2D eigenvalue weighted by molar-refractivity contribution is 0.888. The summed E-state index contributed by atoms with van der Waals surface area (Å²) in [5.74, 6) is 1.66. The van der Waals surface area contributed by atoms with Gasteiger partial charge in [-0.3, -0.25) is 4.57 Å². The van der Waals surface area contributed by atoms with Crippen LogP contribution >= 0.6 is 11.8 Å². The van der Waals surface area contributed by atoms with Gasteiger partial charge in [-0.1, -0.05) is 65.9 Å². The predicted octanol–water partition coefficient (Wildman–Crippen LogP) is 4.52. The average molecular weight is 307 g/mol. The normalized spacial score (nSPS) is 10.6. The van der Waals surface area contributed by atoms with Crippen LogP contribution in [0.5, 0.6) is 0 Å². The molecule has 0 aliphatic rings. The second-order valence-corrected chi connectivity index (χ2v) is 5.93. The highest BCUT2D eigenvalue weighted by Crippen LogP contribution is 2.28. The molecule has 3 aromatic rings. The molecule has 0 saturated heterocycles. The zero-order valence-electron chi connectivity index (χ0n) is 12.4. The summed E-state index contributed by atoms with van der Waals surface area (Å²) in [5.41, 5.74) is 3.36. The molecule has 1 heterocycles. The van der Waals surface area contributed by atoms with E-state index in [2.05, 4.69) is 64.7 Å². The number of hydrogen-bond acceptors (Lipinski definition) is 3. The summed E-state index contributed by atoms with van der Waals surface area (Å²) < 4.78 is 2.10. The Morgan fingerprint density at radius 2 is 1.77 bits per heavy atom. The Labute approximate surface area is 134 Å². The highest BCUT2D eigenvalue weighted by molar-refractivity contribution is 7.99. The van der Waals surface area contributed by atoms with Crippen LogP contribution in [0.4, 0.5) is 0 Å². The van der Waals surface area contributed by atoms with Crippen LogP contribution in [-0.4, -0.2) is 20.5 Å². The third-order valence-corrected chi connectivity index (χ3v) is 4.21. The first kappa shape index (κ1) is 14.6. The minimum absolute atomic E-state index is 0.804. The molecule has 0 aliphatic carbocycles. The quantitative estimate of drug-likeness (QED) is 0.513. The third-order valence-electron chi connectivity index (χ3n) is 3.29. The molecule has 4 heteroatoms. The van der Waals surface area contributed by atoms with Crippen LogP contribution in [0, 0.1) is 6.92 Å². The smallest absolute Gasteiger partial charge is 0.196 e. The lowest BCUT2D eigenvalue weighted by Crippen LogP contribution is -1.99. The topological polar surface area (TPSA) is 30.7 Å². The lowest BCUT2D eigenvalue weighted by atomic mass is 10.1. The van der Waals surface area contributed by atoms with E-state index in [0.29, 0.717) is 0 Å². The number of thioether (sulfide) groups is 1. The van der Waals surface area contributed by atoms with Crippen molar-refractivity contribution in [2.45, 2.75) is 12.1 Å². The number of aromatic nitrogens is 3. The number of benzene rings is 2. The Balaban J connectivity index is 2.12. The molecular formula is C18H17N3S. The summed E-state index contributed by atoms with van der Waals surface area (Å²) in [5, 5.41) is 9.64. The van der Waals surface area contributed by atoms with Crippen LogP contribution in [0.2, 0.25) is 0 Å². The molecule has 0 spiro atoms. The van der Waals surface area contributed by atoms with Crippen molar-refractivity contribution in [3.8, 4) is 17.1 Å².